The summed E-state index contributed by atoms with van der Waals surface area (Å²) in [6.45, 7) is 4.35. The van der Waals surface area contributed by atoms with Crippen LogP contribution >= 0.6 is 23.1 Å². The van der Waals surface area contributed by atoms with Crippen LogP contribution in [0.5, 0.6) is 0 Å². The average molecular weight is 433 g/mol. The van der Waals surface area contributed by atoms with Crippen molar-refractivity contribution in [3.05, 3.63) is 51.7 Å². The van der Waals surface area contributed by atoms with Crippen molar-refractivity contribution >= 4 is 34.9 Å². The molecule has 156 valence electrons. The number of Topliss-reactive ketones (excluding diaryl/α,β-unsaturated/α-hetero) is 1. The zero-order valence-electron chi connectivity index (χ0n) is 16.8. The molecule has 0 radical (unpaired) electrons. The summed E-state index contributed by atoms with van der Waals surface area (Å²) in [4.78, 5) is 26.0. The number of benzene rings is 1. The van der Waals surface area contributed by atoms with Gasteiger partial charge in [-0.3, -0.25) is 4.79 Å². The standard InChI is InChI=1S/C23H28O4S2/c1-14(2)15-5-3-7-17(11-15)28-13-19-18(20(24)12-21(19)25)8-4-6-16-9-10-22(29-16)23(26)27/h3,5,7,9-11,14,18-19,21,25H,4,6,8,12-13H2,1-2H3,(H,26,27)/t18-,19?,21?/m1/s1. The molecule has 1 aromatic heterocycles. The molecule has 1 heterocycles. The van der Waals surface area contributed by atoms with Crippen LogP contribution in [-0.4, -0.2) is 33.8 Å². The molecule has 1 saturated carbocycles. The Morgan fingerprint density at radius 2 is 2.07 bits per heavy atom. The van der Waals surface area contributed by atoms with Crippen LogP contribution in [0.4, 0.5) is 0 Å². The molecule has 2 aromatic rings. The van der Waals surface area contributed by atoms with Gasteiger partial charge < -0.3 is 10.2 Å². The van der Waals surface area contributed by atoms with Crippen molar-refractivity contribution < 1.29 is 19.8 Å². The molecule has 29 heavy (non-hydrogen) atoms. The molecule has 0 amide bonds. The maximum absolute atomic E-state index is 12.4. The minimum absolute atomic E-state index is 0.0203. The average Bonchev–Trinajstić information content (AvgIpc) is 3.25. The molecule has 0 aliphatic heterocycles. The Morgan fingerprint density at radius 3 is 2.76 bits per heavy atom. The lowest BCUT2D eigenvalue weighted by atomic mass is 9.91. The van der Waals surface area contributed by atoms with Gasteiger partial charge >= 0.3 is 5.97 Å². The van der Waals surface area contributed by atoms with Crippen LogP contribution in [-0.2, 0) is 11.2 Å². The summed E-state index contributed by atoms with van der Waals surface area (Å²) in [5, 5.41) is 19.5. The van der Waals surface area contributed by atoms with Crippen molar-refractivity contribution in [2.75, 3.05) is 5.75 Å². The highest BCUT2D eigenvalue weighted by Crippen LogP contribution is 2.37. The van der Waals surface area contributed by atoms with E-state index >= 15 is 0 Å². The predicted molar refractivity (Wildman–Crippen MR) is 118 cm³/mol. The van der Waals surface area contributed by atoms with E-state index in [1.54, 1.807) is 17.8 Å². The molecule has 4 nitrogen and oxygen atoms in total. The van der Waals surface area contributed by atoms with Gasteiger partial charge in [-0.1, -0.05) is 26.0 Å². The number of carbonyl (C=O) groups is 2. The van der Waals surface area contributed by atoms with Gasteiger partial charge in [-0.2, -0.15) is 0 Å². The van der Waals surface area contributed by atoms with Crippen LogP contribution in [0, 0.1) is 11.8 Å². The zero-order chi connectivity index (χ0) is 21.0. The van der Waals surface area contributed by atoms with Crippen molar-refractivity contribution in [3.63, 3.8) is 0 Å². The number of aliphatic hydroxyl groups excluding tert-OH is 1. The summed E-state index contributed by atoms with van der Waals surface area (Å²) >= 11 is 3.02. The van der Waals surface area contributed by atoms with Crippen LogP contribution < -0.4 is 0 Å². The number of carbonyl (C=O) groups excluding carboxylic acids is 1. The molecule has 2 N–H and O–H groups in total. The number of hydrogen-bond acceptors (Lipinski definition) is 5. The third kappa shape index (κ3) is 5.71. The summed E-state index contributed by atoms with van der Waals surface area (Å²) in [6.07, 6.45) is 2.03. The zero-order valence-corrected chi connectivity index (χ0v) is 18.5. The number of aliphatic hydroxyl groups is 1. The van der Waals surface area contributed by atoms with Gasteiger partial charge in [-0.05, 0) is 55.0 Å². The lowest BCUT2D eigenvalue weighted by Gasteiger charge is -2.21. The van der Waals surface area contributed by atoms with E-state index in [0.29, 0.717) is 10.8 Å². The molecule has 0 saturated heterocycles. The highest BCUT2D eigenvalue weighted by Gasteiger charge is 2.40. The predicted octanol–water partition coefficient (Wildman–Crippen LogP) is 5.25. The number of rotatable bonds is 9. The minimum Gasteiger partial charge on any atom is -0.477 e. The summed E-state index contributed by atoms with van der Waals surface area (Å²) < 4.78 is 0. The summed E-state index contributed by atoms with van der Waals surface area (Å²) in [7, 11) is 0. The number of thiophene rings is 1. The molecular weight excluding hydrogens is 404 g/mol. The first-order chi connectivity index (χ1) is 13.8. The summed E-state index contributed by atoms with van der Waals surface area (Å²) in [6, 6.07) is 12.0. The monoisotopic (exact) mass is 432 g/mol. The van der Waals surface area contributed by atoms with Crippen LogP contribution in [0.1, 0.15) is 59.1 Å². The fraction of sp³-hybridized carbons (Fsp3) is 0.478. The number of carboxylic acids is 1. The molecule has 2 unspecified atom stereocenters. The van der Waals surface area contributed by atoms with E-state index in [9.17, 15) is 14.7 Å². The third-order valence-electron chi connectivity index (χ3n) is 5.61. The number of aryl methyl sites for hydroxylation is 1. The van der Waals surface area contributed by atoms with Gasteiger partial charge in [0, 0.05) is 33.8 Å². The van der Waals surface area contributed by atoms with Crippen LogP contribution in [0.25, 0.3) is 0 Å². The van der Waals surface area contributed by atoms with E-state index in [-0.39, 0.29) is 24.0 Å². The maximum Gasteiger partial charge on any atom is 0.345 e. The fourth-order valence-electron chi connectivity index (χ4n) is 3.90. The topological polar surface area (TPSA) is 74.6 Å². The fourth-order valence-corrected chi connectivity index (χ4v) is 6.02. The first-order valence-electron chi connectivity index (χ1n) is 10.1. The quantitative estimate of drug-likeness (QED) is 0.529. The first-order valence-corrected chi connectivity index (χ1v) is 11.9. The molecule has 1 aliphatic rings. The second kappa shape index (κ2) is 9.92. The van der Waals surface area contributed by atoms with Gasteiger partial charge in [0.25, 0.3) is 0 Å². The van der Waals surface area contributed by atoms with Gasteiger partial charge in [0.15, 0.2) is 0 Å². The number of ketones is 1. The Balaban J connectivity index is 1.56. The van der Waals surface area contributed by atoms with E-state index < -0.39 is 12.1 Å². The van der Waals surface area contributed by atoms with E-state index in [2.05, 4.69) is 38.1 Å². The number of aromatic carboxylic acids is 1. The van der Waals surface area contributed by atoms with Crippen molar-refractivity contribution in [1.29, 1.82) is 0 Å². The van der Waals surface area contributed by atoms with E-state index in [0.717, 1.165) is 29.9 Å². The minimum atomic E-state index is -0.894. The lowest BCUT2D eigenvalue weighted by Crippen LogP contribution is -2.23. The van der Waals surface area contributed by atoms with Crippen molar-refractivity contribution in [3.8, 4) is 0 Å². The van der Waals surface area contributed by atoms with Crippen molar-refractivity contribution in [2.45, 2.75) is 56.4 Å². The summed E-state index contributed by atoms with van der Waals surface area (Å²) in [5.41, 5.74) is 1.30. The SMILES string of the molecule is CC(C)c1cccc(SCC2C(O)CC(=O)[C@@H]2CCCc2ccc(C(=O)O)s2)c1. The molecule has 1 aromatic carbocycles. The van der Waals surface area contributed by atoms with E-state index in [1.807, 2.05) is 6.07 Å². The first kappa shape index (κ1) is 22.1. The molecule has 0 spiro atoms. The highest BCUT2D eigenvalue weighted by molar-refractivity contribution is 7.99. The molecule has 3 atom stereocenters. The Morgan fingerprint density at radius 1 is 1.28 bits per heavy atom. The van der Waals surface area contributed by atoms with Gasteiger partial charge in [0.1, 0.15) is 10.7 Å². The second-order valence-electron chi connectivity index (χ2n) is 8.01. The van der Waals surface area contributed by atoms with Gasteiger partial charge in [-0.25, -0.2) is 4.79 Å². The Bertz CT molecular complexity index is 858. The number of thioether (sulfide) groups is 1. The van der Waals surface area contributed by atoms with Crippen LogP contribution in [0.2, 0.25) is 0 Å². The number of carboxylic acid groups (broad SMARTS) is 1. The van der Waals surface area contributed by atoms with Crippen molar-refractivity contribution in [2.24, 2.45) is 11.8 Å². The van der Waals surface area contributed by atoms with Crippen LogP contribution in [0.3, 0.4) is 0 Å². The molecule has 3 rings (SSSR count). The molecule has 6 heteroatoms. The summed E-state index contributed by atoms with van der Waals surface area (Å²) in [5.74, 6) is 0.352. The normalized spacial score (nSPS) is 21.8. The Kier molecular flexibility index (Phi) is 7.55. The van der Waals surface area contributed by atoms with E-state index in [1.165, 1.54) is 21.8 Å². The maximum atomic E-state index is 12.4. The third-order valence-corrected chi connectivity index (χ3v) is 7.88. The largest absolute Gasteiger partial charge is 0.477 e. The number of hydrogen-bond donors (Lipinski definition) is 2. The lowest BCUT2D eigenvalue weighted by molar-refractivity contribution is -0.121. The van der Waals surface area contributed by atoms with Gasteiger partial charge in [-0.15, -0.1) is 23.1 Å². The molecule has 1 fully saturated rings. The second-order valence-corrected chi connectivity index (χ2v) is 10.3. The molecule has 0 bridgehead atoms. The van der Waals surface area contributed by atoms with Crippen molar-refractivity contribution in [1.82, 2.24) is 0 Å². The molecule has 1 aliphatic carbocycles. The van der Waals surface area contributed by atoms with Gasteiger partial charge in [0.2, 0.25) is 0 Å². The molecular formula is C23H28O4S2. The highest BCUT2D eigenvalue weighted by atomic mass is 32.2. The van der Waals surface area contributed by atoms with Gasteiger partial charge in [0.05, 0.1) is 6.10 Å². The Labute approximate surface area is 180 Å². The van der Waals surface area contributed by atoms with E-state index in [4.69, 9.17) is 5.11 Å². The van der Waals surface area contributed by atoms with Crippen LogP contribution in [0.15, 0.2) is 41.3 Å². The Hall–Kier alpha value is -1.63. The smallest absolute Gasteiger partial charge is 0.345 e.